The molecule has 0 heterocycles. The van der Waals surface area contributed by atoms with Gasteiger partial charge < -0.3 is 11.5 Å². The molecule has 72 valence electrons. The molecular formula is C10H22N2. The predicted molar refractivity (Wildman–Crippen MR) is 52.8 cm³/mol. The molecule has 0 bridgehead atoms. The molecule has 1 rings (SSSR count). The molecule has 0 aromatic carbocycles. The van der Waals surface area contributed by atoms with Crippen LogP contribution < -0.4 is 11.5 Å². The first kappa shape index (κ1) is 10.0. The second kappa shape index (κ2) is 5.55. The van der Waals surface area contributed by atoms with Crippen LogP contribution >= 0.6 is 0 Å². The third kappa shape index (κ3) is 2.76. The summed E-state index contributed by atoms with van der Waals surface area (Å²) in [6.07, 6.45) is 8.12. The van der Waals surface area contributed by atoms with Crippen LogP contribution in [-0.4, -0.2) is 13.1 Å². The van der Waals surface area contributed by atoms with E-state index in [9.17, 15) is 0 Å². The van der Waals surface area contributed by atoms with Crippen molar-refractivity contribution >= 4 is 0 Å². The predicted octanol–water partition coefficient (Wildman–Crippen LogP) is 1.49. The fraction of sp³-hybridized carbons (Fsp3) is 1.00. The minimum atomic E-state index is 0.704. The summed E-state index contributed by atoms with van der Waals surface area (Å²) in [5, 5.41) is 0. The molecule has 0 aromatic rings. The summed E-state index contributed by atoms with van der Waals surface area (Å²) in [7, 11) is 0. The van der Waals surface area contributed by atoms with Crippen LogP contribution in [0.25, 0.3) is 0 Å². The van der Waals surface area contributed by atoms with Crippen molar-refractivity contribution in [3.05, 3.63) is 0 Å². The quantitative estimate of drug-likeness (QED) is 0.659. The van der Waals surface area contributed by atoms with Gasteiger partial charge in [0.25, 0.3) is 0 Å². The van der Waals surface area contributed by atoms with Gasteiger partial charge in [-0.3, -0.25) is 0 Å². The van der Waals surface area contributed by atoms with Crippen molar-refractivity contribution in [3.8, 4) is 0 Å². The number of hydrogen-bond acceptors (Lipinski definition) is 2. The monoisotopic (exact) mass is 170 g/mol. The summed E-state index contributed by atoms with van der Waals surface area (Å²) in [6, 6.07) is 0. The standard InChI is InChI=1S/C10H22N2/c11-7-9-5-3-1-2-4-6-10(9)8-12/h9-10H,1-8,11-12H2. The van der Waals surface area contributed by atoms with Crippen molar-refractivity contribution in [2.75, 3.05) is 13.1 Å². The Morgan fingerprint density at radius 1 is 0.750 bits per heavy atom. The molecule has 1 saturated carbocycles. The molecule has 2 heteroatoms. The summed E-state index contributed by atoms with van der Waals surface area (Å²) in [5.74, 6) is 1.41. The molecule has 2 unspecified atom stereocenters. The Labute approximate surface area is 75.7 Å². The summed E-state index contributed by atoms with van der Waals surface area (Å²) < 4.78 is 0. The second-order valence-corrected chi connectivity index (χ2v) is 3.98. The van der Waals surface area contributed by atoms with Gasteiger partial charge in [-0.05, 0) is 37.8 Å². The molecule has 0 saturated heterocycles. The largest absolute Gasteiger partial charge is 0.330 e. The molecule has 0 aromatic heterocycles. The van der Waals surface area contributed by atoms with Crippen molar-refractivity contribution in [1.82, 2.24) is 0 Å². The zero-order chi connectivity index (χ0) is 8.81. The van der Waals surface area contributed by atoms with Crippen LogP contribution in [0.15, 0.2) is 0 Å². The van der Waals surface area contributed by atoms with Crippen LogP contribution in [0, 0.1) is 11.8 Å². The average Bonchev–Trinajstić information content (AvgIpc) is 2.05. The van der Waals surface area contributed by atoms with E-state index in [2.05, 4.69) is 0 Å². The average molecular weight is 170 g/mol. The van der Waals surface area contributed by atoms with E-state index >= 15 is 0 Å². The van der Waals surface area contributed by atoms with Gasteiger partial charge in [0.05, 0.1) is 0 Å². The van der Waals surface area contributed by atoms with Crippen LogP contribution in [0.4, 0.5) is 0 Å². The topological polar surface area (TPSA) is 52.0 Å². The SMILES string of the molecule is NCC1CCCCCCC1CN. The minimum Gasteiger partial charge on any atom is -0.330 e. The third-order valence-corrected chi connectivity index (χ3v) is 3.17. The summed E-state index contributed by atoms with van der Waals surface area (Å²) in [6.45, 7) is 1.67. The van der Waals surface area contributed by atoms with Crippen molar-refractivity contribution in [3.63, 3.8) is 0 Å². The Balaban J connectivity index is 2.39. The zero-order valence-electron chi connectivity index (χ0n) is 7.97. The maximum absolute atomic E-state index is 5.73. The first-order valence-corrected chi connectivity index (χ1v) is 5.28. The van der Waals surface area contributed by atoms with Gasteiger partial charge in [0.1, 0.15) is 0 Å². The van der Waals surface area contributed by atoms with Gasteiger partial charge in [0.15, 0.2) is 0 Å². The molecule has 1 aliphatic rings. The normalized spacial score (nSPS) is 32.5. The lowest BCUT2D eigenvalue weighted by molar-refractivity contribution is 0.273. The van der Waals surface area contributed by atoms with Crippen molar-refractivity contribution < 1.29 is 0 Å². The fourth-order valence-electron chi connectivity index (χ4n) is 2.26. The lowest BCUT2D eigenvalue weighted by atomic mass is 9.82. The van der Waals surface area contributed by atoms with E-state index in [-0.39, 0.29) is 0 Å². The smallest absolute Gasteiger partial charge is 0.00457 e. The lowest BCUT2D eigenvalue weighted by Gasteiger charge is -2.26. The molecule has 0 spiro atoms. The zero-order valence-corrected chi connectivity index (χ0v) is 7.97. The molecule has 0 radical (unpaired) electrons. The fourth-order valence-corrected chi connectivity index (χ4v) is 2.26. The first-order chi connectivity index (χ1) is 5.88. The van der Waals surface area contributed by atoms with E-state index in [1.54, 1.807) is 0 Å². The third-order valence-electron chi connectivity index (χ3n) is 3.17. The molecule has 2 nitrogen and oxygen atoms in total. The van der Waals surface area contributed by atoms with Crippen LogP contribution in [0.2, 0.25) is 0 Å². The van der Waals surface area contributed by atoms with E-state index in [0.29, 0.717) is 11.8 Å². The molecule has 4 N–H and O–H groups in total. The Morgan fingerprint density at radius 3 is 1.50 bits per heavy atom. The number of rotatable bonds is 2. The van der Waals surface area contributed by atoms with Crippen molar-refractivity contribution in [2.24, 2.45) is 23.3 Å². The Morgan fingerprint density at radius 2 is 1.17 bits per heavy atom. The highest BCUT2D eigenvalue weighted by atomic mass is 14.6. The molecule has 12 heavy (non-hydrogen) atoms. The highest BCUT2D eigenvalue weighted by Gasteiger charge is 2.19. The van der Waals surface area contributed by atoms with Crippen LogP contribution in [0.5, 0.6) is 0 Å². The molecular weight excluding hydrogens is 148 g/mol. The Hall–Kier alpha value is -0.0800. The van der Waals surface area contributed by atoms with Gasteiger partial charge in [-0.1, -0.05) is 25.7 Å². The highest BCUT2D eigenvalue weighted by molar-refractivity contribution is 4.74. The highest BCUT2D eigenvalue weighted by Crippen LogP contribution is 2.26. The summed E-state index contributed by atoms with van der Waals surface area (Å²) in [4.78, 5) is 0. The molecule has 2 atom stereocenters. The van der Waals surface area contributed by atoms with Gasteiger partial charge in [-0.2, -0.15) is 0 Å². The van der Waals surface area contributed by atoms with Crippen LogP contribution in [-0.2, 0) is 0 Å². The van der Waals surface area contributed by atoms with E-state index in [1.165, 1.54) is 38.5 Å². The van der Waals surface area contributed by atoms with E-state index < -0.39 is 0 Å². The number of nitrogens with two attached hydrogens (primary N) is 2. The molecule has 1 fully saturated rings. The summed E-state index contributed by atoms with van der Waals surface area (Å²) in [5.41, 5.74) is 11.5. The Bertz CT molecular complexity index is 100. The van der Waals surface area contributed by atoms with Gasteiger partial charge >= 0.3 is 0 Å². The first-order valence-electron chi connectivity index (χ1n) is 5.28. The minimum absolute atomic E-state index is 0.704. The van der Waals surface area contributed by atoms with E-state index in [0.717, 1.165) is 13.1 Å². The Kier molecular flexibility index (Phi) is 4.62. The molecule has 0 aliphatic heterocycles. The van der Waals surface area contributed by atoms with Gasteiger partial charge in [0, 0.05) is 0 Å². The van der Waals surface area contributed by atoms with E-state index in [1.807, 2.05) is 0 Å². The number of hydrogen-bond donors (Lipinski definition) is 2. The summed E-state index contributed by atoms with van der Waals surface area (Å²) >= 11 is 0. The van der Waals surface area contributed by atoms with Crippen LogP contribution in [0.1, 0.15) is 38.5 Å². The molecule has 0 amide bonds. The second-order valence-electron chi connectivity index (χ2n) is 3.98. The maximum atomic E-state index is 5.73. The van der Waals surface area contributed by atoms with Crippen molar-refractivity contribution in [1.29, 1.82) is 0 Å². The lowest BCUT2D eigenvalue weighted by Crippen LogP contribution is -2.30. The maximum Gasteiger partial charge on any atom is -0.00457 e. The van der Waals surface area contributed by atoms with Crippen LogP contribution in [0.3, 0.4) is 0 Å². The van der Waals surface area contributed by atoms with E-state index in [4.69, 9.17) is 11.5 Å². The van der Waals surface area contributed by atoms with Gasteiger partial charge in [-0.15, -0.1) is 0 Å². The molecule has 1 aliphatic carbocycles. The van der Waals surface area contributed by atoms with Gasteiger partial charge in [-0.25, -0.2) is 0 Å². The van der Waals surface area contributed by atoms with Crippen molar-refractivity contribution in [2.45, 2.75) is 38.5 Å². The van der Waals surface area contributed by atoms with Gasteiger partial charge in [0.2, 0.25) is 0 Å².